The van der Waals surface area contributed by atoms with Crippen molar-refractivity contribution in [2.75, 3.05) is 13.2 Å². The number of morpholine rings is 1. The van der Waals surface area contributed by atoms with Gasteiger partial charge in [-0.1, -0.05) is 12.1 Å². The Hall–Kier alpha value is -0.930. The fourth-order valence-electron chi connectivity index (χ4n) is 1.72. The van der Waals surface area contributed by atoms with Crippen LogP contribution in [-0.2, 0) is 4.74 Å². The second-order valence-corrected chi connectivity index (χ2v) is 3.71. The van der Waals surface area contributed by atoms with Crippen LogP contribution in [-0.4, -0.2) is 19.3 Å². The van der Waals surface area contributed by atoms with Crippen LogP contribution in [0.1, 0.15) is 18.5 Å². The van der Waals surface area contributed by atoms with Gasteiger partial charge < -0.3 is 10.1 Å². The lowest BCUT2D eigenvalue weighted by molar-refractivity contribution is 0.0503. The van der Waals surface area contributed by atoms with Crippen molar-refractivity contribution in [1.82, 2.24) is 5.32 Å². The number of hydrogen-bond acceptors (Lipinski definition) is 2. The van der Waals surface area contributed by atoms with E-state index in [1.807, 2.05) is 6.07 Å². The van der Waals surface area contributed by atoms with E-state index in [9.17, 15) is 4.39 Å². The van der Waals surface area contributed by atoms with Gasteiger partial charge in [0.05, 0.1) is 19.3 Å². The molecule has 2 atom stereocenters. The quantitative estimate of drug-likeness (QED) is 0.738. The SMILES string of the molecule is CC1COCC(c2cccc(F)c2)N1. The zero-order valence-corrected chi connectivity index (χ0v) is 8.16. The lowest BCUT2D eigenvalue weighted by atomic mass is 10.1. The molecule has 1 saturated heterocycles. The van der Waals surface area contributed by atoms with Crippen LogP contribution in [0.5, 0.6) is 0 Å². The van der Waals surface area contributed by atoms with Crippen LogP contribution in [0.25, 0.3) is 0 Å². The summed E-state index contributed by atoms with van der Waals surface area (Å²) in [7, 11) is 0. The maximum Gasteiger partial charge on any atom is 0.123 e. The first-order valence-corrected chi connectivity index (χ1v) is 4.85. The number of nitrogens with one attached hydrogen (secondary N) is 1. The maximum absolute atomic E-state index is 13.0. The second kappa shape index (κ2) is 4.07. The normalized spacial score (nSPS) is 27.6. The molecule has 1 aromatic rings. The summed E-state index contributed by atoms with van der Waals surface area (Å²) < 4.78 is 18.4. The third-order valence-corrected chi connectivity index (χ3v) is 2.39. The maximum atomic E-state index is 13.0. The fourth-order valence-corrected chi connectivity index (χ4v) is 1.72. The highest BCUT2D eigenvalue weighted by molar-refractivity contribution is 5.20. The van der Waals surface area contributed by atoms with Gasteiger partial charge in [-0.2, -0.15) is 0 Å². The number of benzene rings is 1. The Kier molecular flexibility index (Phi) is 2.79. The van der Waals surface area contributed by atoms with E-state index >= 15 is 0 Å². The molecule has 0 radical (unpaired) electrons. The number of hydrogen-bond donors (Lipinski definition) is 1. The Morgan fingerprint density at radius 3 is 3.00 bits per heavy atom. The summed E-state index contributed by atoms with van der Waals surface area (Å²) in [6.45, 7) is 3.41. The lowest BCUT2D eigenvalue weighted by Gasteiger charge is -2.29. The Morgan fingerprint density at radius 2 is 2.29 bits per heavy atom. The van der Waals surface area contributed by atoms with Crippen LogP contribution in [0.4, 0.5) is 4.39 Å². The molecule has 1 fully saturated rings. The minimum Gasteiger partial charge on any atom is -0.378 e. The molecular weight excluding hydrogens is 181 g/mol. The fraction of sp³-hybridized carbons (Fsp3) is 0.455. The molecule has 14 heavy (non-hydrogen) atoms. The first-order valence-electron chi connectivity index (χ1n) is 4.85. The van der Waals surface area contributed by atoms with Crippen molar-refractivity contribution in [3.63, 3.8) is 0 Å². The number of halogens is 1. The van der Waals surface area contributed by atoms with E-state index in [2.05, 4.69) is 12.2 Å². The van der Waals surface area contributed by atoms with Crippen molar-refractivity contribution in [2.45, 2.75) is 19.0 Å². The van der Waals surface area contributed by atoms with Crippen LogP contribution in [0.3, 0.4) is 0 Å². The molecule has 1 N–H and O–H groups in total. The van der Waals surface area contributed by atoms with E-state index < -0.39 is 0 Å². The zero-order valence-electron chi connectivity index (χ0n) is 8.16. The molecule has 1 aliphatic rings. The van der Waals surface area contributed by atoms with Gasteiger partial charge in [0, 0.05) is 6.04 Å². The summed E-state index contributed by atoms with van der Waals surface area (Å²) in [6.07, 6.45) is 0. The van der Waals surface area contributed by atoms with E-state index in [4.69, 9.17) is 4.74 Å². The molecule has 1 aliphatic heterocycles. The monoisotopic (exact) mass is 195 g/mol. The Balaban J connectivity index is 2.14. The topological polar surface area (TPSA) is 21.3 Å². The third kappa shape index (κ3) is 2.11. The Morgan fingerprint density at radius 1 is 1.43 bits per heavy atom. The van der Waals surface area contributed by atoms with Gasteiger partial charge in [-0.15, -0.1) is 0 Å². The summed E-state index contributed by atoms with van der Waals surface area (Å²) >= 11 is 0. The van der Waals surface area contributed by atoms with Crippen LogP contribution in [0.2, 0.25) is 0 Å². The Bertz CT molecular complexity index is 316. The van der Waals surface area contributed by atoms with Gasteiger partial charge in [0.2, 0.25) is 0 Å². The smallest absolute Gasteiger partial charge is 0.123 e. The van der Waals surface area contributed by atoms with Crippen LogP contribution < -0.4 is 5.32 Å². The van der Waals surface area contributed by atoms with E-state index in [0.717, 1.165) is 12.2 Å². The summed E-state index contributed by atoms with van der Waals surface area (Å²) in [5, 5.41) is 3.37. The Labute approximate surface area is 83.1 Å². The predicted octanol–water partition coefficient (Wildman–Crippen LogP) is 1.88. The summed E-state index contributed by atoms with van der Waals surface area (Å²) in [5.41, 5.74) is 0.955. The van der Waals surface area contributed by atoms with Crippen molar-refractivity contribution in [2.24, 2.45) is 0 Å². The zero-order chi connectivity index (χ0) is 9.97. The molecule has 0 aromatic heterocycles. The van der Waals surface area contributed by atoms with Crippen LogP contribution in [0, 0.1) is 5.82 Å². The largest absolute Gasteiger partial charge is 0.378 e. The molecule has 0 amide bonds. The van der Waals surface area contributed by atoms with Gasteiger partial charge in [0.1, 0.15) is 5.82 Å². The number of ether oxygens (including phenoxy) is 1. The summed E-state index contributed by atoms with van der Waals surface area (Å²) in [5.74, 6) is -0.192. The van der Waals surface area contributed by atoms with Crippen molar-refractivity contribution in [1.29, 1.82) is 0 Å². The molecule has 0 spiro atoms. The van der Waals surface area contributed by atoms with Gasteiger partial charge in [0.15, 0.2) is 0 Å². The molecule has 2 unspecified atom stereocenters. The first kappa shape index (κ1) is 9.62. The molecule has 1 heterocycles. The average Bonchev–Trinajstić information content (AvgIpc) is 2.18. The van der Waals surface area contributed by atoms with Gasteiger partial charge in [-0.25, -0.2) is 4.39 Å². The molecule has 76 valence electrons. The predicted molar refractivity (Wildman–Crippen MR) is 52.6 cm³/mol. The first-order chi connectivity index (χ1) is 6.75. The molecule has 0 saturated carbocycles. The highest BCUT2D eigenvalue weighted by atomic mass is 19.1. The molecule has 2 rings (SSSR count). The summed E-state index contributed by atoms with van der Waals surface area (Å²) in [4.78, 5) is 0. The molecule has 3 heteroatoms. The van der Waals surface area contributed by atoms with Gasteiger partial charge in [-0.05, 0) is 24.6 Å². The number of rotatable bonds is 1. The van der Waals surface area contributed by atoms with E-state index in [1.54, 1.807) is 12.1 Å². The van der Waals surface area contributed by atoms with Crippen molar-refractivity contribution < 1.29 is 9.13 Å². The van der Waals surface area contributed by atoms with Gasteiger partial charge in [0.25, 0.3) is 0 Å². The summed E-state index contributed by atoms with van der Waals surface area (Å²) in [6, 6.07) is 7.11. The van der Waals surface area contributed by atoms with E-state index in [0.29, 0.717) is 12.6 Å². The van der Waals surface area contributed by atoms with Crippen LogP contribution >= 0.6 is 0 Å². The average molecular weight is 195 g/mol. The molecule has 0 aliphatic carbocycles. The van der Waals surface area contributed by atoms with Gasteiger partial charge in [-0.3, -0.25) is 0 Å². The van der Waals surface area contributed by atoms with Crippen molar-refractivity contribution in [3.8, 4) is 0 Å². The molecule has 2 nitrogen and oxygen atoms in total. The minimum atomic E-state index is -0.192. The molecule has 1 aromatic carbocycles. The highest BCUT2D eigenvalue weighted by Gasteiger charge is 2.19. The van der Waals surface area contributed by atoms with Crippen LogP contribution in [0.15, 0.2) is 24.3 Å². The van der Waals surface area contributed by atoms with Crippen molar-refractivity contribution in [3.05, 3.63) is 35.6 Å². The van der Waals surface area contributed by atoms with Crippen molar-refractivity contribution >= 4 is 0 Å². The highest BCUT2D eigenvalue weighted by Crippen LogP contribution is 2.18. The lowest BCUT2D eigenvalue weighted by Crippen LogP contribution is -2.41. The standard InChI is InChI=1S/C11H14FNO/c1-8-6-14-7-11(13-8)9-3-2-4-10(12)5-9/h2-5,8,11,13H,6-7H2,1H3. The van der Waals surface area contributed by atoms with E-state index in [1.165, 1.54) is 6.07 Å². The minimum absolute atomic E-state index is 0.120. The molecule has 0 bridgehead atoms. The second-order valence-electron chi connectivity index (χ2n) is 3.71. The van der Waals surface area contributed by atoms with E-state index in [-0.39, 0.29) is 11.9 Å². The van der Waals surface area contributed by atoms with Gasteiger partial charge >= 0.3 is 0 Å². The molecular formula is C11H14FNO. The third-order valence-electron chi connectivity index (χ3n) is 2.39.